The molecule has 1 amide bonds. The van der Waals surface area contributed by atoms with Gasteiger partial charge >= 0.3 is 5.97 Å². The first-order valence-electron chi connectivity index (χ1n) is 15.7. The molecular weight excluding hydrogens is 696 g/mol. The van der Waals surface area contributed by atoms with Gasteiger partial charge in [-0.2, -0.15) is 8.42 Å². The summed E-state index contributed by atoms with van der Waals surface area (Å²) < 4.78 is 69.0. The molecule has 6 rings (SSSR count). The second-order valence-corrected chi connectivity index (χ2v) is 16.0. The molecule has 2 aromatic carbocycles. The normalized spacial score (nSPS) is 23.8. The summed E-state index contributed by atoms with van der Waals surface area (Å²) in [5.74, 6) is -2.37. The van der Waals surface area contributed by atoms with Crippen molar-refractivity contribution < 1.29 is 41.0 Å². The SMILES string of the molecule is CS(=O)(=O)Nc1ccc2c(c1)S(=O)(=O)N=C(C1=C(O)C3C([C@@H]4CC[C@H]3C4)N(Cc3ccc(F)cc3)C1=O)N2.NC(N)=NCCCC(N)C(=O)O. The molecule has 3 unspecified atom stereocenters. The van der Waals surface area contributed by atoms with E-state index in [-0.39, 0.29) is 69.7 Å². The Morgan fingerprint density at radius 2 is 1.86 bits per heavy atom. The van der Waals surface area contributed by atoms with Gasteiger partial charge in [-0.05, 0) is 79.8 Å². The number of carboxylic acids is 1. The monoisotopic (exact) mass is 734 g/mol. The zero-order chi connectivity index (χ0) is 36.5. The average molecular weight is 735 g/mol. The van der Waals surface area contributed by atoms with Crippen LogP contribution in [0.3, 0.4) is 0 Å². The van der Waals surface area contributed by atoms with E-state index in [0.717, 1.165) is 31.6 Å². The number of carboxylic acid groups (broad SMARTS) is 1. The average Bonchev–Trinajstić information content (AvgIpc) is 3.65. The molecule has 19 heteroatoms. The number of hydrogen-bond acceptors (Lipinski definition) is 10. The summed E-state index contributed by atoms with van der Waals surface area (Å²) in [4.78, 5) is 29.2. The number of fused-ring (bicyclic) bond motifs is 6. The van der Waals surface area contributed by atoms with Gasteiger partial charge in [-0.25, -0.2) is 12.8 Å². The van der Waals surface area contributed by atoms with Gasteiger partial charge in [0.15, 0.2) is 11.8 Å². The Hall–Kier alpha value is -4.75. The number of halogens is 1. The second kappa shape index (κ2) is 14.2. The molecule has 50 heavy (non-hydrogen) atoms. The largest absolute Gasteiger partial charge is 0.511 e. The molecule has 2 bridgehead atoms. The topological polar surface area (TPSA) is 273 Å². The number of carbonyl (C=O) groups excluding carboxylic acids is 1. The van der Waals surface area contributed by atoms with Crippen molar-refractivity contribution >= 4 is 55.1 Å². The number of nitrogens with two attached hydrogens (primary N) is 3. The van der Waals surface area contributed by atoms with Gasteiger partial charge in [-0.1, -0.05) is 12.1 Å². The van der Waals surface area contributed by atoms with E-state index in [2.05, 4.69) is 19.4 Å². The first-order chi connectivity index (χ1) is 23.4. The molecular formula is C31H39FN8O8S2. The number of guanidine groups is 1. The summed E-state index contributed by atoms with van der Waals surface area (Å²) in [6, 6.07) is 8.67. The minimum atomic E-state index is -4.35. The van der Waals surface area contributed by atoms with Crippen molar-refractivity contribution in [1.29, 1.82) is 0 Å². The Morgan fingerprint density at radius 3 is 2.50 bits per heavy atom. The second-order valence-electron chi connectivity index (χ2n) is 12.7. The maximum absolute atomic E-state index is 13.9. The Balaban J connectivity index is 0.000000349. The molecule has 0 radical (unpaired) electrons. The molecule has 2 saturated carbocycles. The van der Waals surface area contributed by atoms with Crippen LogP contribution in [-0.4, -0.2) is 80.5 Å². The lowest BCUT2D eigenvalue weighted by atomic mass is 9.77. The molecule has 10 N–H and O–H groups in total. The van der Waals surface area contributed by atoms with Crippen LogP contribution >= 0.6 is 0 Å². The van der Waals surface area contributed by atoms with E-state index in [1.165, 1.54) is 24.3 Å². The molecule has 16 nitrogen and oxygen atoms in total. The number of benzene rings is 2. The molecule has 2 aliphatic carbocycles. The van der Waals surface area contributed by atoms with Crippen LogP contribution in [0.5, 0.6) is 0 Å². The number of nitrogens with one attached hydrogen (secondary N) is 2. The molecule has 5 atom stereocenters. The maximum atomic E-state index is 13.9. The van der Waals surface area contributed by atoms with Crippen molar-refractivity contribution in [3.05, 3.63) is 65.2 Å². The van der Waals surface area contributed by atoms with Crippen molar-refractivity contribution in [3.63, 3.8) is 0 Å². The number of hydrogen-bond donors (Lipinski definition) is 7. The summed E-state index contributed by atoms with van der Waals surface area (Å²) >= 11 is 0. The third-order valence-corrected chi connectivity index (χ3v) is 11.0. The van der Waals surface area contributed by atoms with Crippen LogP contribution in [0.1, 0.15) is 37.7 Å². The van der Waals surface area contributed by atoms with Gasteiger partial charge in [0.2, 0.25) is 10.0 Å². The summed E-state index contributed by atoms with van der Waals surface area (Å²) in [5, 5.41) is 22.6. The van der Waals surface area contributed by atoms with Crippen LogP contribution < -0.4 is 27.2 Å². The predicted molar refractivity (Wildman–Crippen MR) is 183 cm³/mol. The van der Waals surface area contributed by atoms with Crippen LogP contribution in [-0.2, 0) is 36.2 Å². The van der Waals surface area contributed by atoms with E-state index in [1.54, 1.807) is 17.0 Å². The molecule has 2 fully saturated rings. The van der Waals surface area contributed by atoms with E-state index in [4.69, 9.17) is 22.3 Å². The van der Waals surface area contributed by atoms with Crippen LogP contribution in [0.2, 0.25) is 0 Å². The lowest BCUT2D eigenvalue weighted by Gasteiger charge is -2.44. The van der Waals surface area contributed by atoms with Gasteiger partial charge in [0, 0.05) is 30.7 Å². The van der Waals surface area contributed by atoms with Gasteiger partial charge < -0.3 is 37.6 Å². The zero-order valence-electron chi connectivity index (χ0n) is 27.0. The highest BCUT2D eigenvalue weighted by molar-refractivity contribution is 7.92. The number of amides is 1. The standard InChI is InChI=1S/C25H25FN4O6S2.C6H14N4O2/c1-37(33,34)28-17-8-9-18-19(11-17)38(35,36)29-24(27-18)21-23(31)20-14-4-5-15(10-14)22(20)30(25(21)32)12-13-2-6-16(26)7-3-13;7-4(5(11)12)2-1-3-10-6(8)9/h2-3,6-9,11,14-15,20,22,28,31H,4-5,10,12H2,1H3,(H,27,29);4H,1-3,7H2,(H,11,12)(H4,8,9,10)/t14-,15+,20?,22?;/m0./s1. The van der Waals surface area contributed by atoms with Gasteiger partial charge in [-0.3, -0.25) is 19.3 Å². The number of rotatable bonds is 10. The maximum Gasteiger partial charge on any atom is 0.320 e. The lowest BCUT2D eigenvalue weighted by Crippen LogP contribution is -2.53. The number of anilines is 2. The molecule has 0 saturated heterocycles. The highest BCUT2D eigenvalue weighted by Crippen LogP contribution is 2.55. The summed E-state index contributed by atoms with van der Waals surface area (Å²) in [6.07, 6.45) is 4.60. The summed E-state index contributed by atoms with van der Waals surface area (Å²) in [7, 11) is -7.99. The number of carbonyl (C=O) groups is 2. The van der Waals surface area contributed by atoms with Gasteiger partial charge in [0.25, 0.3) is 15.9 Å². The van der Waals surface area contributed by atoms with E-state index in [9.17, 15) is 35.9 Å². The van der Waals surface area contributed by atoms with Crippen molar-refractivity contribution in [2.24, 2.45) is 44.3 Å². The molecule has 2 heterocycles. The lowest BCUT2D eigenvalue weighted by molar-refractivity contribution is -0.138. The Kier molecular flexibility index (Phi) is 10.4. The predicted octanol–water partition coefficient (Wildman–Crippen LogP) is 1.43. The first-order valence-corrected chi connectivity index (χ1v) is 19.0. The molecule has 0 aromatic heterocycles. The highest BCUT2D eigenvalue weighted by Gasteiger charge is 2.57. The fourth-order valence-corrected chi connectivity index (χ4v) is 8.73. The smallest absolute Gasteiger partial charge is 0.320 e. The van der Waals surface area contributed by atoms with E-state index < -0.39 is 43.8 Å². The molecule has 2 aliphatic heterocycles. The first kappa shape index (κ1) is 36.5. The molecule has 2 aromatic rings. The van der Waals surface area contributed by atoms with Gasteiger partial charge in [0.05, 0.1) is 11.9 Å². The summed E-state index contributed by atoms with van der Waals surface area (Å²) in [6.45, 7) is 0.598. The van der Waals surface area contributed by atoms with Crippen LogP contribution in [0.4, 0.5) is 15.8 Å². The van der Waals surface area contributed by atoms with Crippen molar-refractivity contribution in [2.45, 2.75) is 55.6 Å². The Bertz CT molecular complexity index is 1980. The number of amidine groups is 1. The number of aliphatic imine (C=N–C) groups is 1. The van der Waals surface area contributed by atoms with Crippen LogP contribution in [0, 0.1) is 23.6 Å². The minimum Gasteiger partial charge on any atom is -0.511 e. The quantitative estimate of drug-likeness (QED) is 0.104. The number of aliphatic hydroxyl groups excluding tert-OH is 1. The minimum absolute atomic E-state index is 0.0129. The van der Waals surface area contributed by atoms with Crippen molar-refractivity contribution in [1.82, 2.24) is 4.90 Å². The fraction of sp³-hybridized carbons (Fsp3) is 0.419. The van der Waals surface area contributed by atoms with E-state index in [1.807, 2.05) is 0 Å². The summed E-state index contributed by atoms with van der Waals surface area (Å²) in [5.41, 5.74) is 16.0. The van der Waals surface area contributed by atoms with Crippen LogP contribution in [0.15, 0.2) is 68.1 Å². The van der Waals surface area contributed by atoms with Crippen molar-refractivity contribution in [2.75, 3.05) is 22.8 Å². The highest BCUT2D eigenvalue weighted by atomic mass is 32.2. The fourth-order valence-electron chi connectivity index (χ4n) is 7.02. The molecule has 270 valence electrons. The third-order valence-electron chi connectivity index (χ3n) is 9.09. The zero-order valence-corrected chi connectivity index (χ0v) is 28.6. The van der Waals surface area contributed by atoms with Crippen LogP contribution in [0.25, 0.3) is 0 Å². The van der Waals surface area contributed by atoms with Gasteiger partial charge in [0.1, 0.15) is 28.1 Å². The number of sulfonamides is 2. The van der Waals surface area contributed by atoms with E-state index in [0.29, 0.717) is 24.9 Å². The number of nitrogens with zero attached hydrogens (tertiary/aromatic N) is 3. The Labute approximate surface area is 288 Å². The molecule has 0 spiro atoms. The van der Waals surface area contributed by atoms with E-state index >= 15 is 0 Å². The molecule has 4 aliphatic rings. The third kappa shape index (κ3) is 8.00. The Morgan fingerprint density at radius 1 is 1.18 bits per heavy atom. The van der Waals surface area contributed by atoms with Crippen molar-refractivity contribution in [3.8, 4) is 0 Å². The van der Waals surface area contributed by atoms with Gasteiger partial charge in [-0.15, -0.1) is 4.40 Å². The number of aliphatic carboxylic acids is 1. The number of aliphatic hydroxyl groups is 1.